The number of carbonyl (C=O) groups is 2. The SMILES string of the molecule is CCc1ccc(NC(=O)c2ccc(C(=O)N3c4ccccc4CC3C)cc2)cc1. The molecule has 0 spiro atoms. The van der Waals surface area contributed by atoms with Crippen molar-refractivity contribution >= 4 is 23.2 Å². The van der Waals surface area contributed by atoms with Gasteiger partial charge in [-0.15, -0.1) is 0 Å². The van der Waals surface area contributed by atoms with Crippen LogP contribution in [0, 0.1) is 0 Å². The average molecular weight is 384 g/mol. The molecule has 4 rings (SSSR count). The van der Waals surface area contributed by atoms with Gasteiger partial charge in [-0.25, -0.2) is 0 Å². The first-order chi connectivity index (χ1) is 14.1. The Balaban J connectivity index is 1.48. The van der Waals surface area contributed by atoms with E-state index in [0.717, 1.165) is 24.2 Å². The molecule has 4 heteroatoms. The molecule has 0 aromatic heterocycles. The van der Waals surface area contributed by atoms with Gasteiger partial charge in [-0.1, -0.05) is 37.3 Å². The van der Waals surface area contributed by atoms with E-state index < -0.39 is 0 Å². The summed E-state index contributed by atoms with van der Waals surface area (Å²) >= 11 is 0. The van der Waals surface area contributed by atoms with Crippen LogP contribution < -0.4 is 10.2 Å². The van der Waals surface area contributed by atoms with E-state index in [-0.39, 0.29) is 17.9 Å². The van der Waals surface area contributed by atoms with Gasteiger partial charge in [0.05, 0.1) is 0 Å². The van der Waals surface area contributed by atoms with Crippen LogP contribution in [0.4, 0.5) is 11.4 Å². The van der Waals surface area contributed by atoms with Crippen LogP contribution >= 0.6 is 0 Å². The Morgan fingerprint density at radius 1 is 0.931 bits per heavy atom. The summed E-state index contributed by atoms with van der Waals surface area (Å²) in [5, 5.41) is 2.90. The van der Waals surface area contributed by atoms with Crippen LogP contribution in [-0.2, 0) is 12.8 Å². The number of aryl methyl sites for hydroxylation is 1. The van der Waals surface area contributed by atoms with E-state index in [9.17, 15) is 9.59 Å². The van der Waals surface area contributed by atoms with Crippen molar-refractivity contribution in [3.8, 4) is 0 Å². The van der Waals surface area contributed by atoms with E-state index in [0.29, 0.717) is 11.1 Å². The van der Waals surface area contributed by atoms with Crippen LogP contribution in [0.3, 0.4) is 0 Å². The molecule has 1 aliphatic rings. The molecule has 2 amide bonds. The molecular formula is C25H24N2O2. The molecule has 0 saturated heterocycles. The minimum atomic E-state index is -0.187. The summed E-state index contributed by atoms with van der Waals surface area (Å²) in [6.07, 6.45) is 1.82. The van der Waals surface area contributed by atoms with Crippen molar-refractivity contribution in [1.82, 2.24) is 0 Å². The standard InChI is InChI=1S/C25H24N2O2/c1-3-18-8-14-22(15-9-18)26-24(28)19-10-12-20(13-11-19)25(29)27-17(2)16-21-6-4-5-7-23(21)27/h4-15,17H,3,16H2,1-2H3,(H,26,28). The van der Waals surface area contributed by atoms with Crippen LogP contribution in [0.5, 0.6) is 0 Å². The summed E-state index contributed by atoms with van der Waals surface area (Å²) in [4.78, 5) is 27.4. The van der Waals surface area contributed by atoms with E-state index in [1.807, 2.05) is 47.4 Å². The smallest absolute Gasteiger partial charge is 0.258 e. The van der Waals surface area contributed by atoms with E-state index in [2.05, 4.69) is 25.2 Å². The van der Waals surface area contributed by atoms with E-state index in [1.165, 1.54) is 11.1 Å². The summed E-state index contributed by atoms with van der Waals surface area (Å²) in [7, 11) is 0. The summed E-state index contributed by atoms with van der Waals surface area (Å²) in [6.45, 7) is 4.15. The Labute approximate surface area is 171 Å². The number of nitrogens with zero attached hydrogens (tertiary/aromatic N) is 1. The number of para-hydroxylation sites is 1. The molecule has 0 aliphatic carbocycles. The monoisotopic (exact) mass is 384 g/mol. The number of benzene rings is 3. The lowest BCUT2D eigenvalue weighted by atomic mass is 10.1. The van der Waals surface area contributed by atoms with Crippen molar-refractivity contribution in [2.24, 2.45) is 0 Å². The predicted octanol–water partition coefficient (Wildman–Crippen LogP) is 5.09. The minimum Gasteiger partial charge on any atom is -0.322 e. The van der Waals surface area contributed by atoms with Crippen LogP contribution in [-0.4, -0.2) is 17.9 Å². The van der Waals surface area contributed by atoms with Crippen LogP contribution in [0.2, 0.25) is 0 Å². The Morgan fingerprint density at radius 3 is 2.28 bits per heavy atom. The lowest BCUT2D eigenvalue weighted by Crippen LogP contribution is -2.35. The van der Waals surface area contributed by atoms with Crippen LogP contribution in [0.25, 0.3) is 0 Å². The molecular weight excluding hydrogens is 360 g/mol. The van der Waals surface area contributed by atoms with Crippen molar-refractivity contribution in [1.29, 1.82) is 0 Å². The summed E-state index contributed by atoms with van der Waals surface area (Å²) in [5.41, 5.74) is 5.26. The maximum atomic E-state index is 13.1. The number of carbonyl (C=O) groups excluding carboxylic acids is 2. The van der Waals surface area contributed by atoms with Gasteiger partial charge in [0, 0.05) is 28.5 Å². The summed E-state index contributed by atoms with van der Waals surface area (Å²) in [6, 6.07) is 22.8. The molecule has 146 valence electrons. The zero-order valence-corrected chi connectivity index (χ0v) is 16.7. The number of anilines is 2. The first kappa shape index (κ1) is 18.9. The fourth-order valence-electron chi connectivity index (χ4n) is 3.81. The van der Waals surface area contributed by atoms with Crippen LogP contribution in [0.15, 0.2) is 72.8 Å². The average Bonchev–Trinajstić information content (AvgIpc) is 3.09. The largest absolute Gasteiger partial charge is 0.322 e. The molecule has 1 N–H and O–H groups in total. The van der Waals surface area contributed by atoms with Gasteiger partial charge >= 0.3 is 0 Å². The van der Waals surface area contributed by atoms with E-state index >= 15 is 0 Å². The molecule has 1 unspecified atom stereocenters. The van der Waals surface area contributed by atoms with Gasteiger partial charge < -0.3 is 10.2 Å². The fourth-order valence-corrected chi connectivity index (χ4v) is 3.81. The number of hydrogen-bond donors (Lipinski definition) is 1. The summed E-state index contributed by atoms with van der Waals surface area (Å²) < 4.78 is 0. The maximum Gasteiger partial charge on any atom is 0.258 e. The third-order valence-electron chi connectivity index (χ3n) is 5.44. The number of hydrogen-bond acceptors (Lipinski definition) is 2. The quantitative estimate of drug-likeness (QED) is 0.681. The molecule has 4 nitrogen and oxygen atoms in total. The number of amides is 2. The molecule has 3 aromatic rings. The second-order valence-corrected chi connectivity index (χ2v) is 7.44. The lowest BCUT2D eigenvalue weighted by Gasteiger charge is -2.23. The maximum absolute atomic E-state index is 13.1. The Bertz CT molecular complexity index is 1040. The molecule has 1 heterocycles. The third kappa shape index (κ3) is 3.79. The second-order valence-electron chi connectivity index (χ2n) is 7.44. The van der Waals surface area contributed by atoms with Gasteiger partial charge in [0.1, 0.15) is 0 Å². The highest BCUT2D eigenvalue weighted by Crippen LogP contribution is 2.33. The Morgan fingerprint density at radius 2 is 1.59 bits per heavy atom. The van der Waals surface area contributed by atoms with Crippen molar-refractivity contribution < 1.29 is 9.59 Å². The van der Waals surface area contributed by atoms with Gasteiger partial charge in [-0.2, -0.15) is 0 Å². The van der Waals surface area contributed by atoms with Crippen molar-refractivity contribution in [3.05, 3.63) is 95.1 Å². The summed E-state index contributed by atoms with van der Waals surface area (Å²) in [5.74, 6) is -0.224. The van der Waals surface area contributed by atoms with E-state index in [1.54, 1.807) is 24.3 Å². The van der Waals surface area contributed by atoms with Crippen molar-refractivity contribution in [2.45, 2.75) is 32.7 Å². The number of nitrogens with one attached hydrogen (secondary N) is 1. The fraction of sp³-hybridized carbons (Fsp3) is 0.200. The predicted molar refractivity (Wildman–Crippen MR) is 117 cm³/mol. The zero-order valence-electron chi connectivity index (χ0n) is 16.7. The first-order valence-corrected chi connectivity index (χ1v) is 9.98. The molecule has 1 aliphatic heterocycles. The molecule has 29 heavy (non-hydrogen) atoms. The number of fused-ring (bicyclic) bond motifs is 1. The van der Waals surface area contributed by atoms with Gasteiger partial charge in [-0.3, -0.25) is 9.59 Å². The van der Waals surface area contributed by atoms with Crippen molar-refractivity contribution in [3.63, 3.8) is 0 Å². The topological polar surface area (TPSA) is 49.4 Å². The Hall–Kier alpha value is -3.40. The highest BCUT2D eigenvalue weighted by molar-refractivity contribution is 6.09. The number of rotatable bonds is 4. The van der Waals surface area contributed by atoms with Gasteiger partial charge in [0.2, 0.25) is 0 Å². The molecule has 1 atom stereocenters. The lowest BCUT2D eigenvalue weighted by molar-refractivity contribution is 0.0978. The van der Waals surface area contributed by atoms with Gasteiger partial charge in [0.15, 0.2) is 0 Å². The molecule has 0 radical (unpaired) electrons. The zero-order chi connectivity index (χ0) is 20.4. The first-order valence-electron chi connectivity index (χ1n) is 9.98. The molecule has 3 aromatic carbocycles. The van der Waals surface area contributed by atoms with Crippen LogP contribution in [0.1, 0.15) is 45.7 Å². The highest BCUT2D eigenvalue weighted by atomic mass is 16.2. The van der Waals surface area contributed by atoms with Crippen molar-refractivity contribution in [2.75, 3.05) is 10.2 Å². The normalized spacial score (nSPS) is 15.1. The van der Waals surface area contributed by atoms with Gasteiger partial charge in [-0.05, 0) is 73.4 Å². The highest BCUT2D eigenvalue weighted by Gasteiger charge is 2.31. The third-order valence-corrected chi connectivity index (χ3v) is 5.44. The van der Waals surface area contributed by atoms with Gasteiger partial charge in [0.25, 0.3) is 11.8 Å². The molecule has 0 saturated carbocycles. The minimum absolute atomic E-state index is 0.0374. The Kier molecular flexibility index (Phi) is 5.17. The molecule has 0 bridgehead atoms. The molecule has 0 fully saturated rings. The second kappa shape index (κ2) is 7.92. The van der Waals surface area contributed by atoms with E-state index in [4.69, 9.17) is 0 Å².